The van der Waals surface area contributed by atoms with Gasteiger partial charge in [0.1, 0.15) is 16.1 Å². The monoisotopic (exact) mass is 274 g/mol. The molecule has 0 saturated heterocycles. The van der Waals surface area contributed by atoms with Gasteiger partial charge in [0, 0.05) is 6.26 Å². The van der Waals surface area contributed by atoms with E-state index >= 15 is 0 Å². The Morgan fingerprint density at radius 1 is 1.39 bits per heavy atom. The first kappa shape index (κ1) is 14.4. The van der Waals surface area contributed by atoms with Gasteiger partial charge in [0.2, 0.25) is 0 Å². The Kier molecular flexibility index (Phi) is 3.35. The van der Waals surface area contributed by atoms with Crippen molar-refractivity contribution >= 4 is 15.8 Å². The maximum atomic E-state index is 11.6. The van der Waals surface area contributed by atoms with Crippen molar-refractivity contribution in [2.24, 2.45) is 0 Å². The number of carboxylic acid groups (broad SMARTS) is 1. The third kappa shape index (κ3) is 2.28. The number of hydrogen-bond acceptors (Lipinski definition) is 5. The van der Waals surface area contributed by atoms with Gasteiger partial charge in [-0.1, -0.05) is 0 Å². The van der Waals surface area contributed by atoms with Crippen molar-refractivity contribution in [3.05, 3.63) is 27.4 Å². The summed E-state index contributed by atoms with van der Waals surface area (Å²) in [6.07, 6.45) is 1.02. The first-order chi connectivity index (χ1) is 7.98. The predicted molar refractivity (Wildman–Crippen MR) is 64.4 cm³/mol. The average molecular weight is 274 g/mol. The second kappa shape index (κ2) is 4.20. The molecule has 0 fully saturated rings. The second-order valence-corrected chi connectivity index (χ2v) is 7.03. The normalized spacial score (nSPS) is 12.4. The summed E-state index contributed by atoms with van der Waals surface area (Å²) in [6.45, 7) is 4.13. The summed E-state index contributed by atoms with van der Waals surface area (Å²) in [4.78, 5) is 28.5. The van der Waals surface area contributed by atoms with E-state index < -0.39 is 31.7 Å². The maximum Gasteiger partial charge on any atom is 0.343 e. The smallest absolute Gasteiger partial charge is 0.343 e. The molecule has 0 aromatic carbocycles. The molecule has 0 amide bonds. The molecular formula is C10H14N2O5S. The van der Waals surface area contributed by atoms with Crippen LogP contribution in [0.3, 0.4) is 0 Å². The summed E-state index contributed by atoms with van der Waals surface area (Å²) in [5.74, 6) is -1.47. The number of sulfone groups is 1. The number of nitrogens with one attached hydrogen (secondary N) is 1. The van der Waals surface area contributed by atoms with Gasteiger partial charge in [-0.2, -0.15) is 0 Å². The number of aromatic amines is 1. The highest BCUT2D eigenvalue weighted by Gasteiger charge is 2.35. The number of rotatable bonds is 3. The van der Waals surface area contributed by atoms with Crippen LogP contribution in [0.2, 0.25) is 0 Å². The zero-order chi connectivity index (χ0) is 14.3. The highest BCUT2D eigenvalue weighted by Crippen LogP contribution is 2.25. The van der Waals surface area contributed by atoms with Crippen molar-refractivity contribution in [1.82, 2.24) is 9.97 Å². The van der Waals surface area contributed by atoms with Gasteiger partial charge >= 0.3 is 5.97 Å². The van der Waals surface area contributed by atoms with Crippen LogP contribution in [0.15, 0.2) is 4.79 Å². The lowest BCUT2D eigenvalue weighted by Gasteiger charge is -2.21. The Balaban J connectivity index is 3.59. The minimum Gasteiger partial charge on any atom is -0.477 e. The fourth-order valence-electron chi connectivity index (χ4n) is 1.30. The van der Waals surface area contributed by atoms with E-state index in [1.807, 2.05) is 0 Å². The number of aromatic nitrogens is 2. The summed E-state index contributed by atoms with van der Waals surface area (Å²) in [5, 5.41) is 8.82. The Morgan fingerprint density at radius 3 is 2.22 bits per heavy atom. The number of carboxylic acids is 1. The third-order valence-corrected chi connectivity index (χ3v) is 4.86. The molecule has 18 heavy (non-hydrogen) atoms. The first-order valence-electron chi connectivity index (χ1n) is 5.02. The molecule has 100 valence electrons. The molecule has 1 aromatic heterocycles. The van der Waals surface area contributed by atoms with Crippen molar-refractivity contribution in [2.45, 2.75) is 25.5 Å². The van der Waals surface area contributed by atoms with Crippen LogP contribution < -0.4 is 5.56 Å². The van der Waals surface area contributed by atoms with E-state index in [1.165, 1.54) is 20.8 Å². The van der Waals surface area contributed by atoms with Gasteiger partial charge in [0.15, 0.2) is 9.84 Å². The Labute approximate surface area is 104 Å². The Hall–Kier alpha value is -1.70. The topological polar surface area (TPSA) is 117 Å². The summed E-state index contributed by atoms with van der Waals surface area (Å²) < 4.78 is 21.8. The lowest BCUT2D eigenvalue weighted by molar-refractivity contribution is 0.0693. The fraction of sp³-hybridized carbons (Fsp3) is 0.500. The van der Waals surface area contributed by atoms with Crippen LogP contribution >= 0.6 is 0 Å². The van der Waals surface area contributed by atoms with Gasteiger partial charge in [-0.25, -0.2) is 18.2 Å². The van der Waals surface area contributed by atoms with Crippen LogP contribution in [0, 0.1) is 6.92 Å². The van der Waals surface area contributed by atoms with Gasteiger partial charge in [-0.3, -0.25) is 4.79 Å². The quantitative estimate of drug-likeness (QED) is 0.804. The van der Waals surface area contributed by atoms with Crippen molar-refractivity contribution in [2.75, 3.05) is 6.26 Å². The van der Waals surface area contributed by atoms with Crippen molar-refractivity contribution < 1.29 is 18.3 Å². The molecular weight excluding hydrogens is 260 g/mol. The van der Waals surface area contributed by atoms with Crippen molar-refractivity contribution in [3.63, 3.8) is 0 Å². The van der Waals surface area contributed by atoms with E-state index in [-0.39, 0.29) is 11.5 Å². The van der Waals surface area contributed by atoms with E-state index in [0.717, 1.165) is 6.26 Å². The average Bonchev–Trinajstić information content (AvgIpc) is 2.13. The highest BCUT2D eigenvalue weighted by molar-refractivity contribution is 7.91. The molecule has 8 heteroatoms. The number of aryl methyl sites for hydroxylation is 1. The zero-order valence-corrected chi connectivity index (χ0v) is 11.3. The molecule has 2 N–H and O–H groups in total. The maximum absolute atomic E-state index is 11.6. The van der Waals surface area contributed by atoms with E-state index in [2.05, 4.69) is 9.97 Å². The Morgan fingerprint density at radius 2 is 1.89 bits per heavy atom. The minimum atomic E-state index is -3.50. The van der Waals surface area contributed by atoms with Crippen LogP contribution in [0.25, 0.3) is 0 Å². The SMILES string of the molecule is Cc1nc(C(C)(C)S(C)(=O)=O)[nH]c(=O)c1C(=O)O. The lowest BCUT2D eigenvalue weighted by atomic mass is 10.1. The summed E-state index contributed by atoms with van der Waals surface area (Å²) in [5.41, 5.74) is -1.36. The number of nitrogens with zero attached hydrogens (tertiary/aromatic N) is 1. The van der Waals surface area contributed by atoms with Crippen LogP contribution in [-0.2, 0) is 14.6 Å². The molecule has 1 heterocycles. The standard InChI is InChI=1S/C10H14N2O5S/c1-5-6(8(14)15)7(13)12-9(11-5)10(2,3)18(4,16)17/h1-4H3,(H,14,15)(H,11,12,13). The minimum absolute atomic E-state index is 0.0158. The Bertz CT molecular complexity index is 657. The summed E-state index contributed by atoms with van der Waals surface area (Å²) >= 11 is 0. The van der Waals surface area contributed by atoms with Gasteiger partial charge in [-0.05, 0) is 20.8 Å². The highest BCUT2D eigenvalue weighted by atomic mass is 32.2. The second-order valence-electron chi connectivity index (χ2n) is 4.46. The molecule has 0 aliphatic rings. The van der Waals surface area contributed by atoms with Gasteiger partial charge < -0.3 is 10.1 Å². The molecule has 0 spiro atoms. The summed E-state index contributed by atoms with van der Waals surface area (Å²) in [6, 6.07) is 0. The predicted octanol–water partition coefficient (Wildman–Crippen LogP) is 0.0562. The van der Waals surface area contributed by atoms with E-state index in [9.17, 15) is 18.0 Å². The molecule has 0 radical (unpaired) electrons. The zero-order valence-electron chi connectivity index (χ0n) is 10.4. The van der Waals surface area contributed by atoms with Crippen LogP contribution in [0.4, 0.5) is 0 Å². The molecule has 0 aliphatic heterocycles. The van der Waals surface area contributed by atoms with Gasteiger partial charge in [0.05, 0.1) is 5.69 Å². The molecule has 0 aliphatic carbocycles. The van der Waals surface area contributed by atoms with E-state index in [1.54, 1.807) is 0 Å². The number of carbonyl (C=O) groups is 1. The molecule has 0 bridgehead atoms. The first-order valence-corrected chi connectivity index (χ1v) is 6.92. The van der Waals surface area contributed by atoms with Crippen LogP contribution in [0.1, 0.15) is 35.7 Å². The number of aromatic carboxylic acids is 1. The largest absolute Gasteiger partial charge is 0.477 e. The molecule has 0 unspecified atom stereocenters. The number of hydrogen-bond donors (Lipinski definition) is 2. The molecule has 7 nitrogen and oxygen atoms in total. The van der Waals surface area contributed by atoms with Crippen LogP contribution in [-0.4, -0.2) is 35.7 Å². The van der Waals surface area contributed by atoms with Crippen LogP contribution in [0.5, 0.6) is 0 Å². The molecule has 0 saturated carbocycles. The molecule has 0 atom stereocenters. The fourth-order valence-corrected chi connectivity index (χ4v) is 1.75. The van der Waals surface area contributed by atoms with Gasteiger partial charge in [0.25, 0.3) is 5.56 Å². The van der Waals surface area contributed by atoms with Gasteiger partial charge in [-0.15, -0.1) is 0 Å². The van der Waals surface area contributed by atoms with E-state index in [0.29, 0.717) is 0 Å². The number of H-pyrrole nitrogens is 1. The van der Waals surface area contributed by atoms with Crippen molar-refractivity contribution in [3.8, 4) is 0 Å². The lowest BCUT2D eigenvalue weighted by Crippen LogP contribution is -2.34. The molecule has 1 rings (SSSR count). The van der Waals surface area contributed by atoms with Crippen molar-refractivity contribution in [1.29, 1.82) is 0 Å². The summed E-state index contributed by atoms with van der Waals surface area (Å²) in [7, 11) is -3.50. The van der Waals surface area contributed by atoms with E-state index in [4.69, 9.17) is 5.11 Å². The third-order valence-electron chi connectivity index (χ3n) is 2.81. The molecule has 1 aromatic rings.